The number of aromatic nitrogens is 3. The zero-order valence-electron chi connectivity index (χ0n) is 5.51. The summed E-state index contributed by atoms with van der Waals surface area (Å²) < 4.78 is 1.58. The van der Waals surface area contributed by atoms with Crippen LogP contribution in [-0.4, -0.2) is 32.5 Å². The van der Waals surface area contributed by atoms with Crippen molar-refractivity contribution < 1.29 is 5.11 Å². The van der Waals surface area contributed by atoms with E-state index in [1.54, 1.807) is 11.0 Å². The van der Waals surface area contributed by atoms with Gasteiger partial charge in [0.1, 0.15) is 12.7 Å². The van der Waals surface area contributed by atoms with E-state index in [4.69, 9.17) is 10.8 Å². The summed E-state index contributed by atoms with van der Waals surface area (Å²) in [5.74, 6) is 0. The van der Waals surface area contributed by atoms with Gasteiger partial charge < -0.3 is 10.8 Å². The van der Waals surface area contributed by atoms with Gasteiger partial charge in [-0.05, 0) is 0 Å². The monoisotopic (exact) mass is 142 g/mol. The Morgan fingerprint density at radius 2 is 2.50 bits per heavy atom. The number of aliphatic hydroxyl groups excluding tert-OH is 1. The second-order valence-electron chi connectivity index (χ2n) is 2.06. The Morgan fingerprint density at radius 3 is 3.00 bits per heavy atom. The number of hydrogen-bond donors (Lipinski definition) is 2. The maximum absolute atomic E-state index is 8.55. The molecule has 0 aliphatic carbocycles. The molecule has 0 bridgehead atoms. The van der Waals surface area contributed by atoms with Crippen molar-refractivity contribution in [2.75, 3.05) is 6.61 Å². The highest BCUT2D eigenvalue weighted by Crippen LogP contribution is 1.83. The van der Waals surface area contributed by atoms with E-state index in [0.717, 1.165) is 0 Å². The number of hydrogen-bond acceptors (Lipinski definition) is 4. The average molecular weight is 142 g/mol. The molecule has 0 saturated heterocycles. The highest BCUT2D eigenvalue weighted by atomic mass is 16.3. The van der Waals surface area contributed by atoms with Crippen molar-refractivity contribution in [3.05, 3.63) is 12.7 Å². The zero-order chi connectivity index (χ0) is 7.40. The number of nitrogens with two attached hydrogens (primary N) is 1. The molecule has 1 atom stereocenters. The van der Waals surface area contributed by atoms with Gasteiger partial charge in [0.2, 0.25) is 0 Å². The molecule has 1 rings (SSSR count). The zero-order valence-corrected chi connectivity index (χ0v) is 5.51. The van der Waals surface area contributed by atoms with Gasteiger partial charge in [0.25, 0.3) is 0 Å². The Kier molecular flexibility index (Phi) is 2.35. The van der Waals surface area contributed by atoms with Crippen molar-refractivity contribution >= 4 is 0 Å². The van der Waals surface area contributed by atoms with Crippen molar-refractivity contribution in [1.29, 1.82) is 0 Å². The molecule has 0 aliphatic heterocycles. The van der Waals surface area contributed by atoms with Crippen molar-refractivity contribution in [2.45, 2.75) is 12.6 Å². The molecule has 0 saturated carbocycles. The topological polar surface area (TPSA) is 77.0 Å². The Morgan fingerprint density at radius 1 is 1.70 bits per heavy atom. The number of rotatable bonds is 3. The lowest BCUT2D eigenvalue weighted by molar-refractivity contribution is 0.250. The third kappa shape index (κ3) is 1.78. The molecule has 0 aromatic carbocycles. The van der Waals surface area contributed by atoms with Crippen molar-refractivity contribution in [3.63, 3.8) is 0 Å². The molecule has 1 heterocycles. The van der Waals surface area contributed by atoms with E-state index < -0.39 is 0 Å². The molecule has 56 valence electrons. The summed E-state index contributed by atoms with van der Waals surface area (Å²) >= 11 is 0. The fraction of sp³-hybridized carbons (Fsp3) is 0.600. The molecule has 5 heteroatoms. The molecule has 0 fully saturated rings. The van der Waals surface area contributed by atoms with E-state index >= 15 is 0 Å². The maximum Gasteiger partial charge on any atom is 0.137 e. The molecule has 5 nitrogen and oxygen atoms in total. The van der Waals surface area contributed by atoms with Crippen LogP contribution in [0.4, 0.5) is 0 Å². The van der Waals surface area contributed by atoms with Crippen molar-refractivity contribution in [1.82, 2.24) is 14.8 Å². The standard InChI is InChI=1S/C5H10N4O/c6-5(2-10)1-9-4-7-3-8-9/h3-5,10H,1-2,6H2. The molecule has 1 unspecified atom stereocenters. The first kappa shape index (κ1) is 7.17. The lowest BCUT2D eigenvalue weighted by Crippen LogP contribution is -2.29. The Balaban J connectivity index is 2.40. The third-order valence-corrected chi connectivity index (χ3v) is 1.12. The van der Waals surface area contributed by atoms with Crippen LogP contribution in [0.2, 0.25) is 0 Å². The van der Waals surface area contributed by atoms with Crippen LogP contribution in [0.5, 0.6) is 0 Å². The average Bonchev–Trinajstić information content (AvgIpc) is 2.40. The maximum atomic E-state index is 8.55. The van der Waals surface area contributed by atoms with Crippen LogP contribution in [-0.2, 0) is 6.54 Å². The van der Waals surface area contributed by atoms with Crippen molar-refractivity contribution in [2.24, 2.45) is 5.73 Å². The summed E-state index contributed by atoms with van der Waals surface area (Å²) in [6.07, 6.45) is 3.00. The highest BCUT2D eigenvalue weighted by molar-refractivity contribution is 4.62. The van der Waals surface area contributed by atoms with Crippen LogP contribution in [0.1, 0.15) is 0 Å². The molecule has 0 aliphatic rings. The van der Waals surface area contributed by atoms with Crippen LogP contribution in [0.3, 0.4) is 0 Å². The second kappa shape index (κ2) is 3.28. The van der Waals surface area contributed by atoms with E-state index in [1.807, 2.05) is 0 Å². The van der Waals surface area contributed by atoms with Crippen LogP contribution in [0.25, 0.3) is 0 Å². The number of aliphatic hydroxyl groups is 1. The molecular formula is C5H10N4O. The Labute approximate surface area is 58.5 Å². The summed E-state index contributed by atoms with van der Waals surface area (Å²) in [6.45, 7) is 0.482. The fourth-order valence-electron chi connectivity index (χ4n) is 0.625. The normalized spacial score (nSPS) is 13.4. The van der Waals surface area contributed by atoms with Gasteiger partial charge in [-0.15, -0.1) is 0 Å². The summed E-state index contributed by atoms with van der Waals surface area (Å²) in [5.41, 5.74) is 5.43. The van der Waals surface area contributed by atoms with E-state index in [1.165, 1.54) is 6.33 Å². The third-order valence-electron chi connectivity index (χ3n) is 1.12. The van der Waals surface area contributed by atoms with Crippen LogP contribution in [0.15, 0.2) is 12.7 Å². The first-order valence-corrected chi connectivity index (χ1v) is 3.02. The highest BCUT2D eigenvalue weighted by Gasteiger charge is 2.00. The molecule has 0 amide bonds. The van der Waals surface area contributed by atoms with Gasteiger partial charge in [0.05, 0.1) is 13.2 Å². The smallest absolute Gasteiger partial charge is 0.137 e. The van der Waals surface area contributed by atoms with Gasteiger partial charge in [-0.25, -0.2) is 4.98 Å². The van der Waals surface area contributed by atoms with E-state index in [9.17, 15) is 0 Å². The van der Waals surface area contributed by atoms with Crippen LogP contribution >= 0.6 is 0 Å². The van der Waals surface area contributed by atoms with Crippen LogP contribution < -0.4 is 5.73 Å². The fourth-order valence-corrected chi connectivity index (χ4v) is 0.625. The molecule has 1 aromatic heterocycles. The minimum absolute atomic E-state index is 0.0279. The summed E-state index contributed by atoms with van der Waals surface area (Å²) in [4.78, 5) is 3.72. The molecule has 0 radical (unpaired) electrons. The van der Waals surface area contributed by atoms with Gasteiger partial charge in [-0.3, -0.25) is 4.68 Å². The Hall–Kier alpha value is -0.940. The molecule has 1 aromatic rings. The second-order valence-corrected chi connectivity index (χ2v) is 2.06. The predicted molar refractivity (Wildman–Crippen MR) is 35.1 cm³/mol. The van der Waals surface area contributed by atoms with Gasteiger partial charge in [0, 0.05) is 6.04 Å². The summed E-state index contributed by atoms with van der Waals surface area (Å²) in [6, 6.07) is -0.248. The molecular weight excluding hydrogens is 132 g/mol. The van der Waals surface area contributed by atoms with Gasteiger partial charge in [-0.2, -0.15) is 5.10 Å². The summed E-state index contributed by atoms with van der Waals surface area (Å²) in [7, 11) is 0. The van der Waals surface area contributed by atoms with E-state index in [-0.39, 0.29) is 12.6 Å². The van der Waals surface area contributed by atoms with E-state index in [2.05, 4.69) is 10.1 Å². The lowest BCUT2D eigenvalue weighted by atomic mass is 10.3. The largest absolute Gasteiger partial charge is 0.395 e. The lowest BCUT2D eigenvalue weighted by Gasteiger charge is -2.05. The Bertz CT molecular complexity index is 174. The minimum atomic E-state index is -0.248. The molecule has 0 spiro atoms. The van der Waals surface area contributed by atoms with Crippen LogP contribution in [0, 0.1) is 0 Å². The first-order valence-electron chi connectivity index (χ1n) is 3.02. The number of nitrogens with zero attached hydrogens (tertiary/aromatic N) is 3. The molecule has 10 heavy (non-hydrogen) atoms. The first-order chi connectivity index (χ1) is 4.83. The SMILES string of the molecule is NC(CO)Cn1cncn1. The summed E-state index contributed by atoms with van der Waals surface area (Å²) in [5, 5.41) is 12.4. The predicted octanol–water partition coefficient (Wildman–Crippen LogP) is -1.40. The van der Waals surface area contributed by atoms with Gasteiger partial charge in [-0.1, -0.05) is 0 Å². The van der Waals surface area contributed by atoms with Gasteiger partial charge >= 0.3 is 0 Å². The quantitative estimate of drug-likeness (QED) is 0.544. The minimum Gasteiger partial charge on any atom is -0.395 e. The van der Waals surface area contributed by atoms with Crippen molar-refractivity contribution in [3.8, 4) is 0 Å². The van der Waals surface area contributed by atoms with Gasteiger partial charge in [0.15, 0.2) is 0 Å². The molecule has 3 N–H and O–H groups in total. The van der Waals surface area contributed by atoms with E-state index in [0.29, 0.717) is 6.54 Å².